The molecule has 2 rings (SSSR count). The summed E-state index contributed by atoms with van der Waals surface area (Å²) in [5, 5.41) is 18.1. The fraction of sp³-hybridized carbons (Fsp3) is 0.167. The molecule has 0 aromatic carbocycles. The minimum Gasteiger partial charge on any atom is -0.401 e. The van der Waals surface area contributed by atoms with Crippen LogP contribution in [0, 0.1) is 10.1 Å². The summed E-state index contributed by atoms with van der Waals surface area (Å²) in [5.41, 5.74) is 0.426. The lowest BCUT2D eigenvalue weighted by Crippen LogP contribution is -2.25. The number of carbonyl (C=O) groups excluding carboxylic acids is 1. The summed E-state index contributed by atoms with van der Waals surface area (Å²) in [6.07, 6.45) is 4.47. The maximum absolute atomic E-state index is 11.1. The summed E-state index contributed by atoms with van der Waals surface area (Å²) in [7, 11) is 1.54. The zero-order valence-electron chi connectivity index (χ0n) is 11.3. The Balaban J connectivity index is 2.10. The molecular formula is C12H11N5O4. The normalized spacial score (nSPS) is 10.8. The molecular weight excluding hydrogens is 278 g/mol. The Bertz CT molecular complexity index is 692. The van der Waals surface area contributed by atoms with Gasteiger partial charge in [-0.25, -0.2) is 4.98 Å². The SMILES string of the molecule is CC(=O)N(C)c1ncc(/C=C/c2ccc([N+](=O)[O-])o2)nn1. The predicted molar refractivity (Wildman–Crippen MR) is 73.2 cm³/mol. The van der Waals surface area contributed by atoms with E-state index in [-0.39, 0.29) is 17.7 Å². The van der Waals surface area contributed by atoms with Crippen LogP contribution in [0.5, 0.6) is 0 Å². The average molecular weight is 289 g/mol. The number of furan rings is 1. The Hall–Kier alpha value is -3.10. The first-order valence-corrected chi connectivity index (χ1v) is 5.83. The van der Waals surface area contributed by atoms with Crippen molar-refractivity contribution in [1.29, 1.82) is 0 Å². The van der Waals surface area contributed by atoms with Crippen molar-refractivity contribution in [2.24, 2.45) is 0 Å². The van der Waals surface area contributed by atoms with Crippen LogP contribution in [0.1, 0.15) is 18.4 Å². The van der Waals surface area contributed by atoms with Crippen LogP contribution >= 0.6 is 0 Å². The molecule has 0 radical (unpaired) electrons. The first-order chi connectivity index (χ1) is 9.97. The molecule has 21 heavy (non-hydrogen) atoms. The Kier molecular flexibility index (Phi) is 4.02. The Morgan fingerprint density at radius 3 is 2.67 bits per heavy atom. The number of amides is 1. The molecule has 108 valence electrons. The van der Waals surface area contributed by atoms with Crippen molar-refractivity contribution in [2.75, 3.05) is 11.9 Å². The van der Waals surface area contributed by atoms with E-state index in [2.05, 4.69) is 15.2 Å². The van der Waals surface area contributed by atoms with Crippen molar-refractivity contribution in [3.05, 3.63) is 39.9 Å². The number of hydrogen-bond donors (Lipinski definition) is 0. The van der Waals surface area contributed by atoms with Crippen molar-refractivity contribution in [3.63, 3.8) is 0 Å². The van der Waals surface area contributed by atoms with Crippen molar-refractivity contribution >= 4 is 29.9 Å². The van der Waals surface area contributed by atoms with Crippen LogP contribution < -0.4 is 4.90 Å². The molecule has 2 aromatic heterocycles. The van der Waals surface area contributed by atoms with Crippen LogP contribution in [0.4, 0.5) is 11.8 Å². The van der Waals surface area contributed by atoms with E-state index in [0.717, 1.165) is 0 Å². The lowest BCUT2D eigenvalue weighted by Gasteiger charge is -2.10. The highest BCUT2D eigenvalue weighted by Gasteiger charge is 2.10. The van der Waals surface area contributed by atoms with Crippen molar-refractivity contribution in [3.8, 4) is 0 Å². The summed E-state index contributed by atoms with van der Waals surface area (Å²) in [4.78, 5) is 26.2. The van der Waals surface area contributed by atoms with Gasteiger partial charge in [0.05, 0.1) is 12.3 Å². The third-order valence-electron chi connectivity index (χ3n) is 2.55. The van der Waals surface area contributed by atoms with Crippen LogP contribution in [0.15, 0.2) is 22.7 Å². The van der Waals surface area contributed by atoms with Gasteiger partial charge in [-0.15, -0.1) is 10.2 Å². The van der Waals surface area contributed by atoms with Crippen molar-refractivity contribution in [1.82, 2.24) is 15.2 Å². The molecule has 2 heterocycles. The second-order valence-corrected chi connectivity index (χ2v) is 4.03. The number of anilines is 1. The van der Waals surface area contributed by atoms with E-state index in [1.165, 1.54) is 43.3 Å². The molecule has 0 aliphatic heterocycles. The van der Waals surface area contributed by atoms with Crippen LogP contribution in [0.25, 0.3) is 12.2 Å². The highest BCUT2D eigenvalue weighted by molar-refractivity contribution is 5.88. The Morgan fingerprint density at radius 1 is 1.38 bits per heavy atom. The number of nitrogens with zero attached hydrogens (tertiary/aromatic N) is 5. The standard InChI is InChI=1S/C12H11N5O4/c1-8(18)16(2)12-13-7-9(14-15-12)3-4-10-5-6-11(21-10)17(19)20/h3-7H,1-2H3/b4-3+. The number of carbonyl (C=O) groups is 1. The molecule has 0 fully saturated rings. The summed E-state index contributed by atoms with van der Waals surface area (Å²) < 4.78 is 4.95. The number of hydrogen-bond acceptors (Lipinski definition) is 7. The zero-order chi connectivity index (χ0) is 15.4. The second-order valence-electron chi connectivity index (χ2n) is 4.03. The molecule has 0 N–H and O–H groups in total. The van der Waals surface area contributed by atoms with Gasteiger partial charge in [-0.05, 0) is 18.2 Å². The van der Waals surface area contributed by atoms with Gasteiger partial charge in [0.1, 0.15) is 16.4 Å². The minimum atomic E-state index is -0.620. The molecule has 0 saturated heterocycles. The fourth-order valence-electron chi connectivity index (χ4n) is 1.35. The summed E-state index contributed by atoms with van der Waals surface area (Å²) >= 11 is 0. The topological polar surface area (TPSA) is 115 Å². The van der Waals surface area contributed by atoms with Crippen molar-refractivity contribution < 1.29 is 14.1 Å². The van der Waals surface area contributed by atoms with Crippen LogP contribution in [0.3, 0.4) is 0 Å². The van der Waals surface area contributed by atoms with E-state index in [0.29, 0.717) is 11.5 Å². The second kappa shape index (κ2) is 5.90. The Morgan fingerprint density at radius 2 is 2.14 bits per heavy atom. The minimum absolute atomic E-state index is 0.188. The van der Waals surface area contributed by atoms with Gasteiger partial charge in [-0.2, -0.15) is 0 Å². The van der Waals surface area contributed by atoms with E-state index >= 15 is 0 Å². The monoisotopic (exact) mass is 289 g/mol. The molecule has 9 nitrogen and oxygen atoms in total. The number of rotatable bonds is 4. The van der Waals surface area contributed by atoms with Crippen LogP contribution in [0.2, 0.25) is 0 Å². The molecule has 0 bridgehead atoms. The number of aromatic nitrogens is 3. The highest BCUT2D eigenvalue weighted by atomic mass is 16.6. The predicted octanol–water partition coefficient (Wildman–Crippen LogP) is 1.53. The number of nitro groups is 1. The van der Waals surface area contributed by atoms with E-state index < -0.39 is 4.92 Å². The van der Waals surface area contributed by atoms with Crippen LogP contribution in [-0.2, 0) is 4.79 Å². The van der Waals surface area contributed by atoms with Gasteiger partial charge in [-0.1, -0.05) is 0 Å². The molecule has 0 unspecified atom stereocenters. The zero-order valence-corrected chi connectivity index (χ0v) is 11.3. The lowest BCUT2D eigenvalue weighted by molar-refractivity contribution is -0.402. The first kappa shape index (κ1) is 14.3. The average Bonchev–Trinajstić information content (AvgIpc) is 2.94. The van der Waals surface area contributed by atoms with E-state index in [1.54, 1.807) is 6.08 Å². The molecule has 9 heteroatoms. The summed E-state index contributed by atoms with van der Waals surface area (Å²) in [6.45, 7) is 1.39. The fourth-order valence-corrected chi connectivity index (χ4v) is 1.35. The van der Waals surface area contributed by atoms with E-state index in [4.69, 9.17) is 4.42 Å². The maximum atomic E-state index is 11.1. The molecule has 1 amide bonds. The first-order valence-electron chi connectivity index (χ1n) is 5.83. The van der Waals surface area contributed by atoms with Gasteiger partial charge in [-0.3, -0.25) is 19.8 Å². The van der Waals surface area contributed by atoms with E-state index in [9.17, 15) is 14.9 Å². The third kappa shape index (κ3) is 3.47. The largest absolute Gasteiger partial charge is 0.433 e. The van der Waals surface area contributed by atoms with Gasteiger partial charge < -0.3 is 4.42 Å². The molecule has 0 aliphatic carbocycles. The quantitative estimate of drug-likeness (QED) is 0.619. The third-order valence-corrected chi connectivity index (χ3v) is 2.55. The summed E-state index contributed by atoms with van der Waals surface area (Å²) in [5.74, 6) is -0.0398. The van der Waals surface area contributed by atoms with Crippen LogP contribution in [-0.4, -0.2) is 33.1 Å². The highest BCUT2D eigenvalue weighted by Crippen LogP contribution is 2.17. The molecule has 0 spiro atoms. The smallest absolute Gasteiger partial charge is 0.401 e. The molecule has 0 aliphatic rings. The summed E-state index contributed by atoms with van der Waals surface area (Å²) in [6, 6.07) is 2.72. The van der Waals surface area contributed by atoms with Gasteiger partial charge in [0, 0.05) is 14.0 Å². The van der Waals surface area contributed by atoms with Gasteiger partial charge in [0.25, 0.3) is 5.95 Å². The van der Waals surface area contributed by atoms with Gasteiger partial charge >= 0.3 is 5.88 Å². The van der Waals surface area contributed by atoms with Gasteiger partial charge in [0.15, 0.2) is 0 Å². The van der Waals surface area contributed by atoms with E-state index in [1.807, 2.05) is 0 Å². The maximum Gasteiger partial charge on any atom is 0.433 e. The molecule has 2 aromatic rings. The van der Waals surface area contributed by atoms with Gasteiger partial charge in [0.2, 0.25) is 5.91 Å². The molecule has 0 saturated carbocycles. The lowest BCUT2D eigenvalue weighted by atomic mass is 10.3. The molecule has 0 atom stereocenters. The van der Waals surface area contributed by atoms with Crippen molar-refractivity contribution in [2.45, 2.75) is 6.92 Å². The Labute approximate surface area is 119 Å².